The molecule has 0 aliphatic heterocycles. The number of nitrogens with zero attached hydrogens (tertiary/aromatic N) is 7. The van der Waals surface area contributed by atoms with Crippen molar-refractivity contribution in [1.29, 1.82) is 0 Å². The summed E-state index contributed by atoms with van der Waals surface area (Å²) in [5.41, 5.74) is 3.37. The van der Waals surface area contributed by atoms with Crippen molar-refractivity contribution in [2.45, 2.75) is 27.2 Å². The summed E-state index contributed by atoms with van der Waals surface area (Å²) >= 11 is 0. The molecule has 0 radical (unpaired) electrons. The number of hydrogen-bond acceptors (Lipinski definition) is 7. The molecule has 0 saturated carbocycles. The Balaban J connectivity index is 1.59. The topological polar surface area (TPSA) is 103 Å². The zero-order valence-electron chi connectivity index (χ0n) is 19.1. The molecule has 0 amide bonds. The summed E-state index contributed by atoms with van der Waals surface area (Å²) in [6, 6.07) is 13.9. The van der Waals surface area contributed by atoms with E-state index < -0.39 is 6.43 Å². The van der Waals surface area contributed by atoms with Gasteiger partial charge < -0.3 is 5.32 Å². The van der Waals surface area contributed by atoms with Crippen molar-refractivity contribution in [1.82, 2.24) is 34.5 Å². The molecule has 0 unspecified atom stereocenters. The van der Waals surface area contributed by atoms with Gasteiger partial charge in [-0.3, -0.25) is 9.36 Å². The minimum absolute atomic E-state index is 0.172. The van der Waals surface area contributed by atoms with E-state index in [1.165, 1.54) is 17.7 Å². The Morgan fingerprint density at radius 1 is 1.03 bits per heavy atom. The van der Waals surface area contributed by atoms with Gasteiger partial charge in [0.15, 0.2) is 17.4 Å². The molecule has 1 N–H and O–H groups in total. The van der Waals surface area contributed by atoms with Crippen LogP contribution in [0.15, 0.2) is 54.9 Å². The van der Waals surface area contributed by atoms with E-state index in [-0.39, 0.29) is 22.9 Å². The summed E-state index contributed by atoms with van der Waals surface area (Å²) in [6.45, 7) is 4.89. The standard InChI is InChI=1S/C24H20F2N8O/c1-13-4-8-21(31-30-13)28-16-5-7-18-20(11-16)33(12-27-18)22-9-6-17(15(3)35)24(29-22)34-14(2)10-19(32-34)23(25)26/h4-12,23H,1-3H3,(H,28,31). The van der Waals surface area contributed by atoms with Gasteiger partial charge in [0, 0.05) is 11.4 Å². The number of imidazole rings is 1. The summed E-state index contributed by atoms with van der Waals surface area (Å²) in [4.78, 5) is 21.3. The zero-order valence-corrected chi connectivity index (χ0v) is 19.1. The minimum atomic E-state index is -2.74. The maximum atomic E-state index is 13.2. The molecule has 0 aliphatic rings. The number of aryl methyl sites for hydroxylation is 2. The number of hydrogen-bond donors (Lipinski definition) is 1. The third-order valence-electron chi connectivity index (χ3n) is 5.43. The number of pyridine rings is 1. The monoisotopic (exact) mass is 474 g/mol. The molecular weight excluding hydrogens is 454 g/mol. The molecule has 0 fully saturated rings. The minimum Gasteiger partial charge on any atom is -0.339 e. The Kier molecular flexibility index (Phi) is 5.51. The Hall–Kier alpha value is -4.54. The lowest BCUT2D eigenvalue weighted by Crippen LogP contribution is -2.11. The summed E-state index contributed by atoms with van der Waals surface area (Å²) in [7, 11) is 0. The lowest BCUT2D eigenvalue weighted by atomic mass is 10.2. The molecule has 11 heteroatoms. The van der Waals surface area contributed by atoms with Gasteiger partial charge in [-0.05, 0) is 69.3 Å². The van der Waals surface area contributed by atoms with E-state index in [1.54, 1.807) is 30.0 Å². The van der Waals surface area contributed by atoms with Crippen molar-refractivity contribution in [3.05, 3.63) is 77.5 Å². The number of rotatable bonds is 6. The average Bonchev–Trinajstić information content (AvgIpc) is 3.43. The Labute approximate surface area is 198 Å². The molecule has 176 valence electrons. The van der Waals surface area contributed by atoms with Crippen molar-refractivity contribution >= 4 is 28.3 Å². The van der Waals surface area contributed by atoms with E-state index in [0.717, 1.165) is 22.4 Å². The van der Waals surface area contributed by atoms with Gasteiger partial charge in [-0.1, -0.05) is 0 Å². The fraction of sp³-hybridized carbons (Fsp3) is 0.167. The highest BCUT2D eigenvalue weighted by atomic mass is 19.3. The second-order valence-corrected chi connectivity index (χ2v) is 8.02. The van der Waals surface area contributed by atoms with Crippen LogP contribution in [0.2, 0.25) is 0 Å². The van der Waals surface area contributed by atoms with E-state index in [1.807, 2.05) is 37.3 Å². The SMILES string of the molecule is CC(=O)c1ccc(-n2cnc3ccc(Nc4ccc(C)nn4)cc32)nc1-n1nc(C(F)F)cc1C. The first-order valence-corrected chi connectivity index (χ1v) is 10.7. The number of alkyl halides is 2. The van der Waals surface area contributed by atoms with E-state index in [9.17, 15) is 13.6 Å². The van der Waals surface area contributed by atoms with Crippen LogP contribution in [0.1, 0.15) is 40.8 Å². The van der Waals surface area contributed by atoms with Crippen molar-refractivity contribution < 1.29 is 13.6 Å². The van der Waals surface area contributed by atoms with E-state index in [4.69, 9.17) is 0 Å². The van der Waals surface area contributed by atoms with Crippen LogP contribution in [-0.2, 0) is 0 Å². The number of carbonyl (C=O) groups is 1. The Bertz CT molecular complexity index is 1560. The average molecular weight is 474 g/mol. The first-order valence-electron chi connectivity index (χ1n) is 10.7. The zero-order chi connectivity index (χ0) is 24.7. The summed E-state index contributed by atoms with van der Waals surface area (Å²) in [5.74, 6) is 0.962. The highest BCUT2D eigenvalue weighted by molar-refractivity contribution is 5.97. The normalized spacial score (nSPS) is 11.4. The van der Waals surface area contributed by atoms with E-state index >= 15 is 0 Å². The maximum absolute atomic E-state index is 13.2. The van der Waals surface area contributed by atoms with Gasteiger partial charge in [0.05, 0.1) is 22.3 Å². The van der Waals surface area contributed by atoms with Crippen molar-refractivity contribution in [2.75, 3.05) is 5.32 Å². The van der Waals surface area contributed by atoms with Crippen LogP contribution in [-0.4, -0.2) is 40.3 Å². The summed E-state index contributed by atoms with van der Waals surface area (Å²) < 4.78 is 29.5. The molecule has 5 rings (SSSR count). The van der Waals surface area contributed by atoms with Gasteiger partial charge in [-0.15, -0.1) is 5.10 Å². The molecule has 9 nitrogen and oxygen atoms in total. The molecule has 4 aromatic heterocycles. The summed E-state index contributed by atoms with van der Waals surface area (Å²) in [6.07, 6.45) is -1.12. The third-order valence-corrected chi connectivity index (χ3v) is 5.43. The molecule has 0 spiro atoms. The number of benzene rings is 1. The lowest BCUT2D eigenvalue weighted by Gasteiger charge is -2.12. The number of halogens is 2. The second-order valence-electron chi connectivity index (χ2n) is 8.02. The van der Waals surface area contributed by atoms with Gasteiger partial charge in [0.25, 0.3) is 6.43 Å². The third kappa shape index (κ3) is 4.23. The number of aromatic nitrogens is 7. The fourth-order valence-electron chi connectivity index (χ4n) is 3.71. The molecule has 0 aliphatic carbocycles. The highest BCUT2D eigenvalue weighted by Crippen LogP contribution is 2.26. The van der Waals surface area contributed by atoms with Crippen LogP contribution in [0.4, 0.5) is 20.3 Å². The van der Waals surface area contributed by atoms with Crippen LogP contribution in [0.3, 0.4) is 0 Å². The Morgan fingerprint density at radius 3 is 2.54 bits per heavy atom. The molecule has 0 atom stereocenters. The molecule has 5 aromatic rings. The number of carbonyl (C=O) groups excluding carboxylic acids is 1. The van der Waals surface area contributed by atoms with Crippen LogP contribution in [0.5, 0.6) is 0 Å². The number of nitrogens with one attached hydrogen (secondary N) is 1. The van der Waals surface area contributed by atoms with E-state index in [0.29, 0.717) is 17.3 Å². The molecular formula is C24H20F2N8O. The number of anilines is 2. The fourth-order valence-corrected chi connectivity index (χ4v) is 3.71. The predicted molar refractivity (Wildman–Crippen MR) is 126 cm³/mol. The molecule has 35 heavy (non-hydrogen) atoms. The summed E-state index contributed by atoms with van der Waals surface area (Å²) in [5, 5.41) is 15.4. The quantitative estimate of drug-likeness (QED) is 0.349. The predicted octanol–water partition coefficient (Wildman–Crippen LogP) is 4.90. The Morgan fingerprint density at radius 2 is 1.86 bits per heavy atom. The molecule has 1 aromatic carbocycles. The van der Waals surface area contributed by atoms with E-state index in [2.05, 4.69) is 30.6 Å². The van der Waals surface area contributed by atoms with Crippen molar-refractivity contribution in [2.24, 2.45) is 0 Å². The van der Waals surface area contributed by atoms with Crippen LogP contribution in [0, 0.1) is 13.8 Å². The highest BCUT2D eigenvalue weighted by Gasteiger charge is 2.20. The smallest absolute Gasteiger partial charge is 0.282 e. The van der Waals surface area contributed by atoms with Gasteiger partial charge in [-0.25, -0.2) is 23.4 Å². The first kappa shape index (κ1) is 22.3. The maximum Gasteiger partial charge on any atom is 0.282 e. The van der Waals surface area contributed by atoms with Crippen LogP contribution >= 0.6 is 0 Å². The van der Waals surface area contributed by atoms with Crippen LogP contribution < -0.4 is 5.32 Å². The largest absolute Gasteiger partial charge is 0.339 e. The lowest BCUT2D eigenvalue weighted by molar-refractivity contribution is 0.101. The van der Waals surface area contributed by atoms with Gasteiger partial charge >= 0.3 is 0 Å². The van der Waals surface area contributed by atoms with Gasteiger partial charge in [0.1, 0.15) is 17.8 Å². The van der Waals surface area contributed by atoms with Crippen molar-refractivity contribution in [3.8, 4) is 11.6 Å². The molecule has 4 heterocycles. The second kappa shape index (κ2) is 8.67. The molecule has 0 bridgehead atoms. The number of Topliss-reactive ketones (excluding diaryl/α,β-unsaturated/α-hetero) is 1. The number of ketones is 1. The van der Waals surface area contributed by atoms with Gasteiger partial charge in [0.2, 0.25) is 0 Å². The first-order chi connectivity index (χ1) is 16.8. The number of fused-ring (bicyclic) bond motifs is 1. The van der Waals surface area contributed by atoms with Crippen molar-refractivity contribution in [3.63, 3.8) is 0 Å². The van der Waals surface area contributed by atoms with Gasteiger partial charge in [-0.2, -0.15) is 10.2 Å². The molecule has 0 saturated heterocycles. The van der Waals surface area contributed by atoms with Crippen LogP contribution in [0.25, 0.3) is 22.7 Å².